The Balaban J connectivity index is 2.08. The lowest BCUT2D eigenvalue weighted by Crippen LogP contribution is -2.34. The van der Waals surface area contributed by atoms with E-state index in [-0.39, 0.29) is 6.54 Å². The van der Waals surface area contributed by atoms with Crippen LogP contribution in [0.3, 0.4) is 0 Å². The second-order valence-corrected chi connectivity index (χ2v) is 5.11. The summed E-state index contributed by atoms with van der Waals surface area (Å²) >= 11 is 3.47. The third-order valence-electron chi connectivity index (χ3n) is 2.82. The summed E-state index contributed by atoms with van der Waals surface area (Å²) in [6.45, 7) is 1.85. The maximum atomic E-state index is 11.8. The monoisotopic (exact) mass is 350 g/mol. The predicted octanol–water partition coefficient (Wildman–Crippen LogP) is 3.29. The van der Waals surface area contributed by atoms with Crippen molar-refractivity contribution >= 4 is 44.4 Å². The van der Waals surface area contributed by atoms with Gasteiger partial charge >= 0.3 is 12.0 Å². The summed E-state index contributed by atoms with van der Waals surface area (Å²) in [6.07, 6.45) is 0. The van der Waals surface area contributed by atoms with E-state index in [9.17, 15) is 9.59 Å². The van der Waals surface area contributed by atoms with Crippen LogP contribution in [0.4, 0.5) is 10.5 Å². The lowest BCUT2D eigenvalue weighted by atomic mass is 10.1. The van der Waals surface area contributed by atoms with E-state index in [4.69, 9.17) is 4.74 Å². The van der Waals surface area contributed by atoms with Gasteiger partial charge in [0, 0.05) is 9.86 Å². The number of urea groups is 1. The molecule has 0 heterocycles. The van der Waals surface area contributed by atoms with Gasteiger partial charge in [-0.25, -0.2) is 4.79 Å². The number of amides is 2. The topological polar surface area (TPSA) is 67.4 Å². The van der Waals surface area contributed by atoms with Gasteiger partial charge in [0.25, 0.3) is 0 Å². The molecule has 2 aromatic carbocycles. The van der Waals surface area contributed by atoms with Gasteiger partial charge in [-0.2, -0.15) is 0 Å². The van der Waals surface area contributed by atoms with Crippen molar-refractivity contribution in [2.24, 2.45) is 0 Å². The SMILES string of the molecule is CCOC(=O)CNC(=O)Nc1ccc(Br)c2ccccc12. The van der Waals surface area contributed by atoms with Crippen LogP contribution in [0, 0.1) is 0 Å². The number of esters is 1. The Bertz CT molecular complexity index is 673. The number of hydrogen-bond donors (Lipinski definition) is 2. The quantitative estimate of drug-likeness (QED) is 0.831. The second kappa shape index (κ2) is 7.08. The van der Waals surface area contributed by atoms with Crippen LogP contribution in [0.25, 0.3) is 10.8 Å². The van der Waals surface area contributed by atoms with Crippen LogP contribution in [-0.2, 0) is 9.53 Å². The number of benzene rings is 2. The summed E-state index contributed by atoms with van der Waals surface area (Å²) in [4.78, 5) is 23.0. The number of carbonyl (C=O) groups excluding carboxylic acids is 2. The third-order valence-corrected chi connectivity index (χ3v) is 3.51. The van der Waals surface area contributed by atoms with E-state index in [1.54, 1.807) is 13.0 Å². The van der Waals surface area contributed by atoms with E-state index < -0.39 is 12.0 Å². The van der Waals surface area contributed by atoms with Gasteiger partial charge in [0.05, 0.1) is 12.3 Å². The van der Waals surface area contributed by atoms with Crippen molar-refractivity contribution in [2.75, 3.05) is 18.5 Å². The minimum atomic E-state index is -0.465. The Morgan fingerprint density at radius 3 is 2.57 bits per heavy atom. The van der Waals surface area contributed by atoms with Crippen molar-refractivity contribution in [3.05, 3.63) is 40.9 Å². The van der Waals surface area contributed by atoms with Crippen LogP contribution in [0.15, 0.2) is 40.9 Å². The highest BCUT2D eigenvalue weighted by atomic mass is 79.9. The minimum Gasteiger partial charge on any atom is -0.465 e. The molecule has 2 amide bonds. The molecular weight excluding hydrogens is 336 g/mol. The Kier molecular flexibility index (Phi) is 5.16. The van der Waals surface area contributed by atoms with Gasteiger partial charge in [-0.1, -0.05) is 40.2 Å². The molecule has 0 radical (unpaired) electrons. The highest BCUT2D eigenvalue weighted by Crippen LogP contribution is 2.29. The molecule has 0 spiro atoms. The zero-order valence-corrected chi connectivity index (χ0v) is 13.1. The van der Waals surface area contributed by atoms with Crippen LogP contribution >= 0.6 is 15.9 Å². The minimum absolute atomic E-state index is 0.159. The lowest BCUT2D eigenvalue weighted by molar-refractivity contribution is -0.141. The summed E-state index contributed by atoms with van der Waals surface area (Å²) in [5.41, 5.74) is 0.676. The molecule has 6 heteroatoms. The van der Waals surface area contributed by atoms with Gasteiger partial charge in [-0.15, -0.1) is 0 Å². The molecule has 0 aliphatic heterocycles. The molecule has 0 bridgehead atoms. The molecule has 0 atom stereocenters. The lowest BCUT2D eigenvalue weighted by Gasteiger charge is -2.10. The van der Waals surface area contributed by atoms with Gasteiger partial charge in [0.1, 0.15) is 6.54 Å². The predicted molar refractivity (Wildman–Crippen MR) is 85.3 cm³/mol. The Morgan fingerprint density at radius 2 is 1.86 bits per heavy atom. The van der Waals surface area contributed by atoms with E-state index in [2.05, 4.69) is 26.6 Å². The number of ether oxygens (including phenoxy) is 1. The summed E-state index contributed by atoms with van der Waals surface area (Å²) < 4.78 is 5.70. The molecule has 0 saturated heterocycles. The third kappa shape index (κ3) is 3.95. The van der Waals surface area contributed by atoms with E-state index in [0.717, 1.165) is 15.2 Å². The van der Waals surface area contributed by atoms with Crippen molar-refractivity contribution in [2.45, 2.75) is 6.92 Å². The van der Waals surface area contributed by atoms with Crippen molar-refractivity contribution in [1.29, 1.82) is 0 Å². The molecule has 5 nitrogen and oxygen atoms in total. The van der Waals surface area contributed by atoms with E-state index in [1.165, 1.54) is 0 Å². The first-order valence-corrected chi connectivity index (χ1v) is 7.29. The summed E-state index contributed by atoms with van der Waals surface area (Å²) in [5, 5.41) is 7.11. The molecule has 0 fully saturated rings. The fourth-order valence-corrected chi connectivity index (χ4v) is 2.38. The highest BCUT2D eigenvalue weighted by molar-refractivity contribution is 9.10. The van der Waals surface area contributed by atoms with Crippen LogP contribution in [0.5, 0.6) is 0 Å². The molecule has 0 aliphatic carbocycles. The maximum Gasteiger partial charge on any atom is 0.325 e. The first-order valence-electron chi connectivity index (χ1n) is 6.49. The maximum absolute atomic E-state index is 11.8. The molecule has 2 aromatic rings. The number of hydrogen-bond acceptors (Lipinski definition) is 3. The number of rotatable bonds is 4. The number of halogens is 1. The zero-order valence-electron chi connectivity index (χ0n) is 11.5. The fourth-order valence-electron chi connectivity index (χ4n) is 1.90. The Labute approximate surface area is 130 Å². The molecule has 0 aliphatic rings. The van der Waals surface area contributed by atoms with Crippen molar-refractivity contribution in [3.63, 3.8) is 0 Å². The Hall–Kier alpha value is -2.08. The van der Waals surface area contributed by atoms with Gasteiger partial charge in [0.15, 0.2) is 0 Å². The summed E-state index contributed by atoms with van der Waals surface area (Å²) in [7, 11) is 0. The second-order valence-electron chi connectivity index (χ2n) is 4.25. The average molecular weight is 351 g/mol. The molecule has 0 unspecified atom stereocenters. The molecule has 2 rings (SSSR count). The van der Waals surface area contributed by atoms with Gasteiger partial charge in [-0.05, 0) is 24.4 Å². The standard InChI is InChI=1S/C15H15BrN2O3/c1-2-21-14(19)9-17-15(20)18-13-8-7-12(16)10-5-3-4-6-11(10)13/h3-8H,2,9H2,1H3,(H2,17,18,20). The molecular formula is C15H15BrN2O3. The van der Waals surface area contributed by atoms with Crippen LogP contribution in [0.1, 0.15) is 6.92 Å². The Morgan fingerprint density at radius 1 is 1.14 bits per heavy atom. The molecule has 21 heavy (non-hydrogen) atoms. The summed E-state index contributed by atoms with van der Waals surface area (Å²) in [5.74, 6) is -0.465. The number of anilines is 1. The smallest absolute Gasteiger partial charge is 0.325 e. The van der Waals surface area contributed by atoms with Gasteiger partial charge in [0.2, 0.25) is 0 Å². The highest BCUT2D eigenvalue weighted by Gasteiger charge is 2.09. The van der Waals surface area contributed by atoms with Gasteiger partial charge in [-0.3, -0.25) is 4.79 Å². The fraction of sp³-hybridized carbons (Fsp3) is 0.200. The molecule has 2 N–H and O–H groups in total. The molecule has 110 valence electrons. The van der Waals surface area contributed by atoms with Crippen molar-refractivity contribution < 1.29 is 14.3 Å². The largest absolute Gasteiger partial charge is 0.465 e. The molecule has 0 saturated carbocycles. The molecule has 0 aromatic heterocycles. The van der Waals surface area contributed by atoms with Crippen molar-refractivity contribution in [3.8, 4) is 0 Å². The van der Waals surface area contributed by atoms with Crippen LogP contribution < -0.4 is 10.6 Å². The zero-order chi connectivity index (χ0) is 15.2. The van der Waals surface area contributed by atoms with E-state index in [0.29, 0.717) is 12.3 Å². The summed E-state index contributed by atoms with van der Waals surface area (Å²) in [6, 6.07) is 10.9. The average Bonchev–Trinajstić information content (AvgIpc) is 2.49. The number of nitrogens with one attached hydrogen (secondary N) is 2. The number of carbonyl (C=O) groups is 2. The number of fused-ring (bicyclic) bond motifs is 1. The van der Waals surface area contributed by atoms with Crippen LogP contribution in [-0.4, -0.2) is 25.2 Å². The van der Waals surface area contributed by atoms with E-state index >= 15 is 0 Å². The van der Waals surface area contributed by atoms with Crippen molar-refractivity contribution in [1.82, 2.24) is 5.32 Å². The normalized spacial score (nSPS) is 10.2. The van der Waals surface area contributed by atoms with Gasteiger partial charge < -0.3 is 15.4 Å². The van der Waals surface area contributed by atoms with E-state index in [1.807, 2.05) is 30.3 Å². The first kappa shape index (κ1) is 15.3. The van der Waals surface area contributed by atoms with Crippen LogP contribution in [0.2, 0.25) is 0 Å². The first-order chi connectivity index (χ1) is 10.1.